The van der Waals surface area contributed by atoms with E-state index in [1.165, 1.54) is 11.1 Å². The van der Waals surface area contributed by atoms with Gasteiger partial charge in [0.05, 0.1) is 6.04 Å². The summed E-state index contributed by atoms with van der Waals surface area (Å²) >= 11 is 0. The molecule has 1 aliphatic rings. The lowest BCUT2D eigenvalue weighted by atomic mass is 9.87. The van der Waals surface area contributed by atoms with Crippen LogP contribution in [0.3, 0.4) is 0 Å². The molecule has 0 spiro atoms. The van der Waals surface area contributed by atoms with Crippen LogP contribution < -0.4 is 10.6 Å². The maximum atomic E-state index is 12.2. The lowest BCUT2D eigenvalue weighted by molar-refractivity contribution is -0.126. The summed E-state index contributed by atoms with van der Waals surface area (Å²) in [5.74, 6) is -0.00573. The first-order valence-electron chi connectivity index (χ1n) is 7.92. The minimum absolute atomic E-state index is 0.00573. The Kier molecular flexibility index (Phi) is 3.99. The number of β-lactam (4-membered cyclic amide) rings is 1. The van der Waals surface area contributed by atoms with Crippen LogP contribution in [-0.4, -0.2) is 11.9 Å². The van der Waals surface area contributed by atoms with E-state index in [1.54, 1.807) is 0 Å². The van der Waals surface area contributed by atoms with Gasteiger partial charge in [0.1, 0.15) is 6.04 Å². The van der Waals surface area contributed by atoms with Gasteiger partial charge in [-0.25, -0.2) is 0 Å². The number of rotatable bonds is 4. The van der Waals surface area contributed by atoms with Gasteiger partial charge in [0.2, 0.25) is 5.91 Å². The number of carbonyl (C=O) groups is 1. The van der Waals surface area contributed by atoms with Gasteiger partial charge in [0.25, 0.3) is 0 Å². The molecule has 1 fully saturated rings. The number of benzene rings is 2. The maximum Gasteiger partial charge on any atom is 0.247 e. The highest BCUT2D eigenvalue weighted by Gasteiger charge is 2.46. The molecule has 1 saturated heterocycles. The number of nitrogens with zero attached hydrogens (tertiary/aromatic N) is 1. The Morgan fingerprint density at radius 3 is 1.91 bits per heavy atom. The fourth-order valence-corrected chi connectivity index (χ4v) is 3.00. The number of nitrogens with two attached hydrogens (primary N) is 1. The number of carbonyl (C=O) groups excluding carboxylic acids is 1. The zero-order chi connectivity index (χ0) is 15.7. The molecule has 1 aliphatic heterocycles. The summed E-state index contributed by atoms with van der Waals surface area (Å²) in [5.41, 5.74) is 10.6. The van der Waals surface area contributed by atoms with Crippen LogP contribution in [0.2, 0.25) is 0 Å². The van der Waals surface area contributed by atoms with Crippen LogP contribution >= 0.6 is 0 Å². The van der Waals surface area contributed by atoms with Gasteiger partial charge in [-0.15, -0.1) is 0 Å². The lowest BCUT2D eigenvalue weighted by Gasteiger charge is -2.45. The summed E-state index contributed by atoms with van der Waals surface area (Å²) in [6.45, 7) is 4.26. The number of hydrogen-bond acceptors (Lipinski definition) is 2. The Labute approximate surface area is 131 Å². The standard InChI is InChI=1S/C19H22N2O/c1-3-13-5-9-15(10-6-13)18-17(20)19(22)21(18)16-11-7-14(4-2)8-12-16/h5-12,17-18H,3-4,20H2,1-2H3/t17-,18-/m1/s1. The van der Waals surface area contributed by atoms with Gasteiger partial charge >= 0.3 is 0 Å². The second-order valence-corrected chi connectivity index (χ2v) is 5.79. The molecule has 1 amide bonds. The average molecular weight is 294 g/mol. The van der Waals surface area contributed by atoms with Gasteiger partial charge < -0.3 is 10.6 Å². The lowest BCUT2D eigenvalue weighted by Crippen LogP contribution is -2.63. The molecule has 3 rings (SSSR count). The van der Waals surface area contributed by atoms with Gasteiger partial charge in [-0.1, -0.05) is 50.2 Å². The van der Waals surface area contributed by atoms with E-state index in [-0.39, 0.29) is 11.9 Å². The normalized spacial score (nSPS) is 20.9. The van der Waals surface area contributed by atoms with Gasteiger partial charge in [-0.2, -0.15) is 0 Å². The van der Waals surface area contributed by atoms with Crippen molar-refractivity contribution in [1.29, 1.82) is 0 Å². The largest absolute Gasteiger partial charge is 0.318 e. The van der Waals surface area contributed by atoms with Crippen LogP contribution in [-0.2, 0) is 17.6 Å². The van der Waals surface area contributed by atoms with Gasteiger partial charge in [-0.05, 0) is 41.7 Å². The fourth-order valence-electron chi connectivity index (χ4n) is 3.00. The first-order valence-corrected chi connectivity index (χ1v) is 7.92. The molecule has 0 unspecified atom stereocenters. The average Bonchev–Trinajstić information content (AvgIpc) is 2.59. The molecule has 0 radical (unpaired) electrons. The van der Waals surface area contributed by atoms with Crippen molar-refractivity contribution in [3.05, 3.63) is 65.2 Å². The monoisotopic (exact) mass is 294 g/mol. The van der Waals surface area contributed by atoms with E-state index < -0.39 is 6.04 Å². The minimum atomic E-state index is -0.446. The fraction of sp³-hybridized carbons (Fsp3) is 0.316. The molecule has 22 heavy (non-hydrogen) atoms. The van der Waals surface area contributed by atoms with E-state index >= 15 is 0 Å². The zero-order valence-electron chi connectivity index (χ0n) is 13.1. The first-order chi connectivity index (χ1) is 10.7. The van der Waals surface area contributed by atoms with Crippen molar-refractivity contribution in [1.82, 2.24) is 0 Å². The molecule has 2 aromatic rings. The van der Waals surface area contributed by atoms with E-state index in [4.69, 9.17) is 5.73 Å². The number of anilines is 1. The Morgan fingerprint density at radius 1 is 0.909 bits per heavy atom. The predicted molar refractivity (Wildman–Crippen MR) is 89.8 cm³/mol. The highest BCUT2D eigenvalue weighted by molar-refractivity contribution is 6.05. The third-order valence-corrected chi connectivity index (χ3v) is 4.49. The van der Waals surface area contributed by atoms with Crippen LogP contribution in [0, 0.1) is 0 Å². The van der Waals surface area contributed by atoms with E-state index in [2.05, 4.69) is 50.2 Å². The quantitative estimate of drug-likeness (QED) is 0.880. The van der Waals surface area contributed by atoms with E-state index in [1.807, 2.05) is 17.0 Å². The Morgan fingerprint density at radius 2 is 1.41 bits per heavy atom. The third kappa shape index (κ3) is 2.42. The summed E-state index contributed by atoms with van der Waals surface area (Å²) in [7, 11) is 0. The summed E-state index contributed by atoms with van der Waals surface area (Å²) < 4.78 is 0. The zero-order valence-corrected chi connectivity index (χ0v) is 13.1. The summed E-state index contributed by atoms with van der Waals surface area (Å²) in [6, 6.07) is 16.1. The summed E-state index contributed by atoms with van der Waals surface area (Å²) in [5, 5.41) is 0. The van der Waals surface area contributed by atoms with Crippen LogP contribution in [0.1, 0.15) is 36.6 Å². The van der Waals surface area contributed by atoms with Crippen molar-refractivity contribution >= 4 is 11.6 Å². The molecule has 0 aromatic heterocycles. The molecule has 3 heteroatoms. The van der Waals surface area contributed by atoms with Crippen molar-refractivity contribution in [2.45, 2.75) is 38.8 Å². The van der Waals surface area contributed by atoms with Crippen molar-refractivity contribution in [3.8, 4) is 0 Å². The van der Waals surface area contributed by atoms with Crippen molar-refractivity contribution in [2.75, 3.05) is 4.90 Å². The number of aryl methyl sites for hydroxylation is 2. The molecule has 2 N–H and O–H groups in total. The Balaban J connectivity index is 1.89. The highest BCUT2D eigenvalue weighted by atomic mass is 16.2. The molecule has 1 heterocycles. The predicted octanol–water partition coefficient (Wildman–Crippen LogP) is 3.23. The van der Waals surface area contributed by atoms with Crippen molar-refractivity contribution < 1.29 is 4.79 Å². The SMILES string of the molecule is CCc1ccc([C@@H]2[C@@H](N)C(=O)N2c2ccc(CC)cc2)cc1. The molecule has 2 aromatic carbocycles. The minimum Gasteiger partial charge on any atom is -0.318 e. The Hall–Kier alpha value is -2.13. The van der Waals surface area contributed by atoms with Crippen LogP contribution in [0.15, 0.2) is 48.5 Å². The van der Waals surface area contributed by atoms with Crippen LogP contribution in [0.25, 0.3) is 0 Å². The summed E-state index contributed by atoms with van der Waals surface area (Å²) in [6.07, 6.45) is 2.01. The first kappa shape index (κ1) is 14.8. The van der Waals surface area contributed by atoms with Gasteiger partial charge in [0, 0.05) is 5.69 Å². The molecular formula is C19H22N2O. The molecule has 114 valence electrons. The van der Waals surface area contributed by atoms with Gasteiger partial charge in [-0.3, -0.25) is 4.79 Å². The van der Waals surface area contributed by atoms with E-state index in [0.717, 1.165) is 24.1 Å². The number of hydrogen-bond donors (Lipinski definition) is 1. The van der Waals surface area contributed by atoms with E-state index in [9.17, 15) is 4.79 Å². The highest BCUT2D eigenvalue weighted by Crippen LogP contribution is 2.38. The van der Waals surface area contributed by atoms with E-state index in [0.29, 0.717) is 0 Å². The number of amides is 1. The third-order valence-electron chi connectivity index (χ3n) is 4.49. The van der Waals surface area contributed by atoms with Crippen molar-refractivity contribution in [2.24, 2.45) is 5.73 Å². The summed E-state index contributed by atoms with van der Waals surface area (Å²) in [4.78, 5) is 14.0. The smallest absolute Gasteiger partial charge is 0.247 e. The molecule has 0 bridgehead atoms. The van der Waals surface area contributed by atoms with Gasteiger partial charge in [0.15, 0.2) is 0 Å². The molecular weight excluding hydrogens is 272 g/mol. The Bertz CT molecular complexity index is 661. The molecule has 0 saturated carbocycles. The van der Waals surface area contributed by atoms with Crippen molar-refractivity contribution in [3.63, 3.8) is 0 Å². The molecule has 0 aliphatic carbocycles. The van der Waals surface area contributed by atoms with Crippen LogP contribution in [0.4, 0.5) is 5.69 Å². The molecule has 3 nitrogen and oxygen atoms in total. The topological polar surface area (TPSA) is 46.3 Å². The van der Waals surface area contributed by atoms with Crippen LogP contribution in [0.5, 0.6) is 0 Å². The maximum absolute atomic E-state index is 12.2. The second-order valence-electron chi connectivity index (χ2n) is 5.79. The second kappa shape index (κ2) is 5.93. The molecule has 2 atom stereocenters.